The molecule has 0 heterocycles. The van der Waals surface area contributed by atoms with Gasteiger partial charge in [0.25, 0.3) is 10.0 Å². The van der Waals surface area contributed by atoms with E-state index in [2.05, 4.69) is 9.71 Å². The minimum atomic E-state index is -4.01. The van der Waals surface area contributed by atoms with Crippen molar-refractivity contribution in [3.05, 3.63) is 105 Å². The summed E-state index contributed by atoms with van der Waals surface area (Å²) in [5.74, 6) is -0.241. The van der Waals surface area contributed by atoms with Crippen LogP contribution in [0, 0.1) is 20.8 Å². The number of carbonyl (C=O) groups excluding carboxylic acids is 1. The van der Waals surface area contributed by atoms with Crippen LogP contribution in [0.25, 0.3) is 0 Å². The number of ketones is 1. The first-order chi connectivity index (χ1) is 15.2. The summed E-state index contributed by atoms with van der Waals surface area (Å²) in [6, 6.07) is 17.2. The molecule has 0 fully saturated rings. The van der Waals surface area contributed by atoms with Crippen LogP contribution in [0.15, 0.2) is 81.7 Å². The van der Waals surface area contributed by atoms with E-state index in [4.69, 9.17) is 11.6 Å². The molecule has 162 valence electrons. The second kappa shape index (κ2) is 8.37. The molecule has 3 aromatic carbocycles. The minimum Gasteiger partial charge on any atom is -0.352 e. The Morgan fingerprint density at radius 1 is 0.844 bits per heavy atom. The quantitative estimate of drug-likeness (QED) is 0.542. The molecule has 32 heavy (non-hydrogen) atoms. The van der Waals surface area contributed by atoms with Crippen LogP contribution in [0.5, 0.6) is 0 Å². The van der Waals surface area contributed by atoms with Gasteiger partial charge < -0.3 is 5.32 Å². The smallest absolute Gasteiger partial charge is 0.283 e. The van der Waals surface area contributed by atoms with Crippen LogP contribution in [0.4, 0.5) is 5.69 Å². The molecule has 0 aliphatic heterocycles. The maximum atomic E-state index is 13.2. The van der Waals surface area contributed by atoms with Gasteiger partial charge in [-0.3, -0.25) is 4.79 Å². The molecule has 0 amide bonds. The van der Waals surface area contributed by atoms with Gasteiger partial charge in [-0.15, -0.1) is 0 Å². The molecule has 5 nitrogen and oxygen atoms in total. The number of nitrogens with zero attached hydrogens (tertiary/aromatic N) is 1. The standard InChI is InChI=1S/C25H21ClN2O3S/c1-15-12-17(3)24(13-16(15)2)32(30,31)28-22-14-23(27-19-10-8-18(26)9-11-19)25(29)21-7-5-4-6-20(21)22/h4-14,27H,1-3H3/b28-22+. The van der Waals surface area contributed by atoms with Crippen LogP contribution < -0.4 is 5.32 Å². The third-order valence-electron chi connectivity index (χ3n) is 5.38. The molecule has 0 unspecified atom stereocenters. The first-order valence-electron chi connectivity index (χ1n) is 9.97. The van der Waals surface area contributed by atoms with E-state index >= 15 is 0 Å². The van der Waals surface area contributed by atoms with E-state index in [9.17, 15) is 13.2 Å². The van der Waals surface area contributed by atoms with Crippen molar-refractivity contribution < 1.29 is 13.2 Å². The van der Waals surface area contributed by atoms with Crippen LogP contribution in [0.3, 0.4) is 0 Å². The number of allylic oxidation sites excluding steroid dienone is 2. The Labute approximate surface area is 192 Å². The Morgan fingerprint density at radius 2 is 1.47 bits per heavy atom. The van der Waals surface area contributed by atoms with E-state index < -0.39 is 10.0 Å². The lowest BCUT2D eigenvalue weighted by molar-refractivity contribution is 0.103. The van der Waals surface area contributed by atoms with Crippen molar-refractivity contribution in [2.24, 2.45) is 4.40 Å². The number of nitrogens with one attached hydrogen (secondary N) is 1. The molecule has 7 heteroatoms. The van der Waals surface area contributed by atoms with Crippen LogP contribution >= 0.6 is 11.6 Å². The molecule has 0 saturated heterocycles. The average Bonchev–Trinajstić information content (AvgIpc) is 2.75. The number of benzene rings is 3. The minimum absolute atomic E-state index is 0.156. The lowest BCUT2D eigenvalue weighted by Gasteiger charge is -2.19. The monoisotopic (exact) mass is 464 g/mol. The summed E-state index contributed by atoms with van der Waals surface area (Å²) in [5, 5.41) is 3.63. The van der Waals surface area contributed by atoms with Gasteiger partial charge in [0.1, 0.15) is 0 Å². The van der Waals surface area contributed by atoms with E-state index in [0.717, 1.165) is 11.1 Å². The molecule has 3 aromatic rings. The lowest BCUT2D eigenvalue weighted by Crippen LogP contribution is -2.22. The van der Waals surface area contributed by atoms with Gasteiger partial charge in [0.15, 0.2) is 0 Å². The van der Waals surface area contributed by atoms with Crippen molar-refractivity contribution in [3.8, 4) is 0 Å². The maximum Gasteiger partial charge on any atom is 0.283 e. The Morgan fingerprint density at radius 3 is 2.16 bits per heavy atom. The predicted molar refractivity (Wildman–Crippen MR) is 128 cm³/mol. The Bertz CT molecular complexity index is 1410. The summed E-state index contributed by atoms with van der Waals surface area (Å²) in [7, 11) is -4.01. The second-order valence-corrected chi connectivity index (χ2v) is 9.73. The number of halogens is 1. The number of sulfonamides is 1. The Kier molecular flexibility index (Phi) is 5.75. The van der Waals surface area contributed by atoms with Crippen molar-refractivity contribution in [2.75, 3.05) is 5.32 Å². The SMILES string of the molecule is Cc1cc(C)c(S(=O)(=O)/N=C2\C=C(Nc3ccc(Cl)cc3)C(=O)c3ccccc32)cc1C. The summed E-state index contributed by atoms with van der Waals surface area (Å²) in [6.07, 6.45) is 1.48. The summed E-state index contributed by atoms with van der Waals surface area (Å²) in [4.78, 5) is 13.2. The van der Waals surface area contributed by atoms with Crippen LogP contribution in [0.1, 0.15) is 32.6 Å². The van der Waals surface area contributed by atoms with E-state index in [-0.39, 0.29) is 22.1 Å². The zero-order valence-electron chi connectivity index (χ0n) is 17.8. The second-order valence-electron chi connectivity index (χ2n) is 7.72. The van der Waals surface area contributed by atoms with E-state index in [1.165, 1.54) is 6.08 Å². The van der Waals surface area contributed by atoms with Crippen LogP contribution in [0.2, 0.25) is 5.02 Å². The zero-order valence-corrected chi connectivity index (χ0v) is 19.4. The maximum absolute atomic E-state index is 13.2. The van der Waals surface area contributed by atoms with Crippen LogP contribution in [-0.4, -0.2) is 19.9 Å². The number of hydrogen-bond donors (Lipinski definition) is 1. The number of carbonyl (C=O) groups is 1. The molecule has 1 aliphatic carbocycles. The Balaban J connectivity index is 1.84. The van der Waals surface area contributed by atoms with Crippen LogP contribution in [-0.2, 0) is 10.0 Å². The van der Waals surface area contributed by atoms with Crippen molar-refractivity contribution in [1.82, 2.24) is 0 Å². The van der Waals surface area contributed by atoms with Crippen molar-refractivity contribution in [3.63, 3.8) is 0 Å². The highest BCUT2D eigenvalue weighted by Gasteiger charge is 2.27. The molecule has 0 aromatic heterocycles. The van der Waals surface area contributed by atoms with E-state index in [1.807, 2.05) is 19.9 Å². The molecule has 0 bridgehead atoms. The zero-order chi connectivity index (χ0) is 23.0. The van der Waals surface area contributed by atoms with Gasteiger partial charge in [-0.2, -0.15) is 12.8 Å². The number of anilines is 1. The van der Waals surface area contributed by atoms with Gasteiger partial charge in [-0.05, 0) is 73.9 Å². The molecule has 0 spiro atoms. The number of aryl methyl sites for hydroxylation is 3. The molecule has 0 radical (unpaired) electrons. The highest BCUT2D eigenvalue weighted by atomic mass is 35.5. The van der Waals surface area contributed by atoms with Gasteiger partial charge in [0.05, 0.1) is 16.3 Å². The van der Waals surface area contributed by atoms with Gasteiger partial charge >= 0.3 is 0 Å². The summed E-state index contributed by atoms with van der Waals surface area (Å²) in [5.41, 5.74) is 4.46. The molecule has 0 atom stereocenters. The summed E-state index contributed by atoms with van der Waals surface area (Å²) < 4.78 is 30.6. The number of Topliss-reactive ketones (excluding diaryl/α,β-unsaturated/α-hetero) is 1. The molecule has 1 aliphatic rings. The molecular formula is C25H21ClN2O3S. The van der Waals surface area contributed by atoms with Gasteiger partial charge in [-0.1, -0.05) is 41.9 Å². The van der Waals surface area contributed by atoms with Gasteiger partial charge in [-0.25, -0.2) is 0 Å². The molecule has 0 saturated carbocycles. The fourth-order valence-electron chi connectivity index (χ4n) is 3.58. The number of hydrogen-bond acceptors (Lipinski definition) is 4. The highest BCUT2D eigenvalue weighted by Crippen LogP contribution is 2.27. The fraction of sp³-hybridized carbons (Fsp3) is 0.120. The third-order valence-corrected chi connectivity index (χ3v) is 7.07. The predicted octanol–water partition coefficient (Wildman–Crippen LogP) is 5.64. The molecular weight excluding hydrogens is 444 g/mol. The highest BCUT2D eigenvalue weighted by molar-refractivity contribution is 7.90. The summed E-state index contributed by atoms with van der Waals surface area (Å²) >= 11 is 5.94. The van der Waals surface area contributed by atoms with E-state index in [1.54, 1.807) is 61.5 Å². The van der Waals surface area contributed by atoms with Crippen molar-refractivity contribution in [1.29, 1.82) is 0 Å². The topological polar surface area (TPSA) is 75.6 Å². The van der Waals surface area contributed by atoms with Crippen molar-refractivity contribution >= 4 is 38.8 Å². The fourth-order valence-corrected chi connectivity index (χ4v) is 5.00. The van der Waals surface area contributed by atoms with Gasteiger partial charge in [0.2, 0.25) is 5.78 Å². The summed E-state index contributed by atoms with van der Waals surface area (Å²) in [6.45, 7) is 5.55. The first kappa shape index (κ1) is 22.0. The van der Waals surface area contributed by atoms with E-state index in [0.29, 0.717) is 27.4 Å². The largest absolute Gasteiger partial charge is 0.352 e. The van der Waals surface area contributed by atoms with Gasteiger partial charge in [0, 0.05) is 21.8 Å². The molecule has 4 rings (SSSR count). The average molecular weight is 465 g/mol. The first-order valence-corrected chi connectivity index (χ1v) is 11.8. The number of fused-ring (bicyclic) bond motifs is 1. The normalized spacial score (nSPS) is 14.8. The van der Waals surface area contributed by atoms with Crippen molar-refractivity contribution in [2.45, 2.75) is 25.7 Å². The third kappa shape index (κ3) is 4.24. The number of rotatable bonds is 4. The molecule has 1 N–H and O–H groups in total. The Hall–Kier alpha value is -3.22. The lowest BCUT2D eigenvalue weighted by atomic mass is 9.92.